The van der Waals surface area contributed by atoms with Crippen molar-refractivity contribution in [3.05, 3.63) is 88.4 Å². The minimum Gasteiger partial charge on any atom is -0.325 e. The summed E-state index contributed by atoms with van der Waals surface area (Å²) < 4.78 is 28.4. The van der Waals surface area contributed by atoms with E-state index in [0.717, 1.165) is 10.2 Å². The van der Waals surface area contributed by atoms with Crippen LogP contribution in [0.4, 0.5) is 11.4 Å². The molecule has 2 N–H and O–H groups in total. The predicted molar refractivity (Wildman–Crippen MR) is 127 cm³/mol. The zero-order valence-corrected chi connectivity index (χ0v) is 19.5. The summed E-state index contributed by atoms with van der Waals surface area (Å²) in [6.07, 6.45) is 0. The molecule has 3 rings (SSSR count). The molecule has 0 aliphatic carbocycles. The number of carbonyl (C=O) groups is 1. The Balaban J connectivity index is 1.52. The highest BCUT2D eigenvalue weighted by Crippen LogP contribution is 2.20. The zero-order valence-electron chi connectivity index (χ0n) is 16.3. The maximum Gasteiger partial charge on any atom is 0.261 e. The second-order valence-corrected chi connectivity index (χ2v) is 10.2. The number of hydrogen-bond donors (Lipinski definition) is 2. The molecule has 0 unspecified atom stereocenters. The molecule has 0 saturated heterocycles. The fourth-order valence-electron chi connectivity index (χ4n) is 2.59. The van der Waals surface area contributed by atoms with Crippen LogP contribution >= 0.6 is 27.7 Å². The molecule has 30 heavy (non-hydrogen) atoms. The van der Waals surface area contributed by atoms with E-state index in [-0.39, 0.29) is 10.8 Å². The van der Waals surface area contributed by atoms with Crippen LogP contribution in [0.5, 0.6) is 0 Å². The molecule has 0 fully saturated rings. The number of nitrogens with one attached hydrogen (secondary N) is 2. The van der Waals surface area contributed by atoms with E-state index in [1.54, 1.807) is 36.4 Å². The number of halogens is 1. The molecule has 0 bridgehead atoms. The molecular weight excluding hydrogens is 484 g/mol. The molecule has 156 valence electrons. The lowest BCUT2D eigenvalue weighted by atomic mass is 10.2. The standard InChI is InChI=1S/C22H21BrN2O3S2/c1-16-2-4-17(5-3-16)14-29-15-22(26)24-19-10-12-21(13-11-19)30(27,28)25-20-8-6-18(23)7-9-20/h2-13,25H,14-15H2,1H3,(H,24,26). The average Bonchev–Trinajstić information content (AvgIpc) is 2.71. The maximum absolute atomic E-state index is 12.5. The predicted octanol–water partition coefficient (Wildman–Crippen LogP) is 5.43. The molecule has 0 aliphatic rings. The van der Waals surface area contributed by atoms with E-state index >= 15 is 0 Å². The molecule has 0 heterocycles. The molecular formula is C22H21BrN2O3S2. The van der Waals surface area contributed by atoms with Gasteiger partial charge in [0.1, 0.15) is 0 Å². The lowest BCUT2D eigenvalue weighted by Crippen LogP contribution is -2.15. The summed E-state index contributed by atoms with van der Waals surface area (Å²) in [5.74, 6) is 0.946. The topological polar surface area (TPSA) is 75.3 Å². The Labute approximate surface area is 189 Å². The minimum absolute atomic E-state index is 0.122. The van der Waals surface area contributed by atoms with E-state index in [9.17, 15) is 13.2 Å². The van der Waals surface area contributed by atoms with Crippen molar-refractivity contribution in [1.29, 1.82) is 0 Å². The third kappa shape index (κ3) is 6.62. The first-order valence-corrected chi connectivity index (χ1v) is 12.6. The summed E-state index contributed by atoms with van der Waals surface area (Å²) in [4.78, 5) is 12.3. The second-order valence-electron chi connectivity index (χ2n) is 6.66. The van der Waals surface area contributed by atoms with Gasteiger partial charge in [0.05, 0.1) is 10.6 Å². The van der Waals surface area contributed by atoms with E-state index in [1.807, 2.05) is 6.92 Å². The Kier molecular flexibility index (Phi) is 7.58. The summed E-state index contributed by atoms with van der Waals surface area (Å²) >= 11 is 4.84. The highest BCUT2D eigenvalue weighted by atomic mass is 79.9. The normalized spacial score (nSPS) is 11.1. The fourth-order valence-corrected chi connectivity index (χ4v) is 4.70. The van der Waals surface area contributed by atoms with Gasteiger partial charge in [0.25, 0.3) is 10.0 Å². The Hall–Kier alpha value is -2.29. The Morgan fingerprint density at radius 3 is 2.13 bits per heavy atom. The third-order valence-electron chi connectivity index (χ3n) is 4.17. The van der Waals surface area contributed by atoms with Gasteiger partial charge in [0.2, 0.25) is 5.91 Å². The number of thioether (sulfide) groups is 1. The Bertz CT molecular complexity index is 1100. The van der Waals surface area contributed by atoms with Crippen LogP contribution < -0.4 is 10.0 Å². The van der Waals surface area contributed by atoms with Crippen LogP contribution in [-0.4, -0.2) is 20.1 Å². The molecule has 3 aromatic carbocycles. The van der Waals surface area contributed by atoms with Gasteiger partial charge < -0.3 is 5.32 Å². The van der Waals surface area contributed by atoms with Crippen molar-refractivity contribution in [2.75, 3.05) is 15.8 Å². The summed E-state index contributed by atoms with van der Waals surface area (Å²) in [6, 6.07) is 21.2. The van der Waals surface area contributed by atoms with Gasteiger partial charge in [-0.25, -0.2) is 8.42 Å². The largest absolute Gasteiger partial charge is 0.325 e. The molecule has 0 radical (unpaired) electrons. The fraction of sp³-hybridized carbons (Fsp3) is 0.136. The van der Waals surface area contributed by atoms with Crippen molar-refractivity contribution in [3.8, 4) is 0 Å². The highest BCUT2D eigenvalue weighted by molar-refractivity contribution is 9.10. The van der Waals surface area contributed by atoms with Gasteiger partial charge >= 0.3 is 0 Å². The van der Waals surface area contributed by atoms with E-state index in [0.29, 0.717) is 17.1 Å². The lowest BCUT2D eigenvalue weighted by Gasteiger charge is -2.10. The molecule has 0 aliphatic heterocycles. The quantitative estimate of drug-likeness (QED) is 0.428. The van der Waals surface area contributed by atoms with Gasteiger partial charge in [-0.3, -0.25) is 9.52 Å². The summed E-state index contributed by atoms with van der Waals surface area (Å²) in [5, 5.41) is 2.79. The molecule has 0 saturated carbocycles. The summed E-state index contributed by atoms with van der Waals surface area (Å²) in [6.45, 7) is 2.04. The molecule has 0 spiro atoms. The SMILES string of the molecule is Cc1ccc(CSCC(=O)Nc2ccc(S(=O)(=O)Nc3ccc(Br)cc3)cc2)cc1. The van der Waals surface area contributed by atoms with Gasteiger partial charge in [-0.2, -0.15) is 0 Å². The van der Waals surface area contributed by atoms with Crippen LogP contribution in [0.25, 0.3) is 0 Å². The minimum atomic E-state index is -3.70. The first kappa shape index (κ1) is 22.4. The van der Waals surface area contributed by atoms with E-state index < -0.39 is 10.0 Å². The summed E-state index contributed by atoms with van der Waals surface area (Å²) in [5.41, 5.74) is 3.41. The molecule has 8 heteroatoms. The highest BCUT2D eigenvalue weighted by Gasteiger charge is 2.14. The van der Waals surface area contributed by atoms with Gasteiger partial charge in [0, 0.05) is 21.6 Å². The van der Waals surface area contributed by atoms with Crippen molar-refractivity contribution < 1.29 is 13.2 Å². The van der Waals surface area contributed by atoms with Crippen LogP contribution in [0.2, 0.25) is 0 Å². The third-order valence-corrected chi connectivity index (χ3v) is 7.10. The second kappa shape index (κ2) is 10.1. The van der Waals surface area contributed by atoms with Gasteiger partial charge in [-0.1, -0.05) is 45.8 Å². The van der Waals surface area contributed by atoms with Crippen LogP contribution in [0, 0.1) is 6.92 Å². The molecule has 1 amide bonds. The van der Waals surface area contributed by atoms with Gasteiger partial charge in [0.15, 0.2) is 0 Å². The lowest BCUT2D eigenvalue weighted by molar-refractivity contribution is -0.113. The zero-order chi connectivity index (χ0) is 21.6. The number of carbonyl (C=O) groups excluding carboxylic acids is 1. The first-order chi connectivity index (χ1) is 14.3. The first-order valence-electron chi connectivity index (χ1n) is 9.13. The maximum atomic E-state index is 12.5. The van der Waals surface area contributed by atoms with Crippen molar-refractivity contribution in [2.45, 2.75) is 17.6 Å². The van der Waals surface area contributed by atoms with Crippen molar-refractivity contribution in [2.24, 2.45) is 0 Å². The molecule has 0 atom stereocenters. The molecule has 5 nitrogen and oxygen atoms in total. The average molecular weight is 505 g/mol. The Morgan fingerprint density at radius 1 is 0.900 bits per heavy atom. The van der Waals surface area contributed by atoms with Crippen molar-refractivity contribution in [3.63, 3.8) is 0 Å². The number of aryl methyl sites for hydroxylation is 1. The number of hydrogen-bond acceptors (Lipinski definition) is 4. The van der Waals surface area contributed by atoms with Crippen LogP contribution in [0.1, 0.15) is 11.1 Å². The van der Waals surface area contributed by atoms with Gasteiger partial charge in [-0.05, 0) is 61.0 Å². The molecule has 3 aromatic rings. The monoisotopic (exact) mass is 504 g/mol. The van der Waals surface area contributed by atoms with Crippen molar-refractivity contribution in [1.82, 2.24) is 0 Å². The van der Waals surface area contributed by atoms with Crippen molar-refractivity contribution >= 4 is 55.0 Å². The van der Waals surface area contributed by atoms with Gasteiger partial charge in [-0.15, -0.1) is 11.8 Å². The number of sulfonamides is 1. The summed E-state index contributed by atoms with van der Waals surface area (Å²) in [7, 11) is -3.70. The number of amides is 1. The van der Waals surface area contributed by atoms with E-state index in [4.69, 9.17) is 0 Å². The van der Waals surface area contributed by atoms with Crippen LogP contribution in [-0.2, 0) is 20.6 Å². The van der Waals surface area contributed by atoms with E-state index in [1.165, 1.54) is 35.0 Å². The number of benzene rings is 3. The van der Waals surface area contributed by atoms with Crippen LogP contribution in [0.15, 0.2) is 82.2 Å². The molecule has 0 aromatic heterocycles. The smallest absolute Gasteiger partial charge is 0.261 e. The van der Waals surface area contributed by atoms with Crippen LogP contribution in [0.3, 0.4) is 0 Å². The number of rotatable bonds is 8. The number of anilines is 2. The van der Waals surface area contributed by atoms with E-state index in [2.05, 4.69) is 50.2 Å². The Morgan fingerprint density at radius 2 is 1.50 bits per heavy atom.